The molecular weight excluding hydrogens is 224 g/mol. The van der Waals surface area contributed by atoms with Gasteiger partial charge in [0.15, 0.2) is 5.78 Å². The van der Waals surface area contributed by atoms with Crippen LogP contribution in [-0.4, -0.2) is 5.78 Å². The average Bonchev–Trinajstić information content (AvgIpc) is 2.27. The number of hydrogen-bond acceptors (Lipinski definition) is 2. The maximum atomic E-state index is 11.3. The zero-order chi connectivity index (χ0) is 13.1. The number of aryl methyl sites for hydroxylation is 2. The lowest BCUT2D eigenvalue weighted by Crippen LogP contribution is -1.93. The molecule has 0 unspecified atom stereocenters. The van der Waals surface area contributed by atoms with E-state index < -0.39 is 0 Å². The number of hydrogen-bond donors (Lipinski definition) is 0. The second kappa shape index (κ2) is 5.05. The van der Waals surface area contributed by atoms with Crippen molar-refractivity contribution < 1.29 is 9.53 Å². The molecule has 0 atom stereocenters. The van der Waals surface area contributed by atoms with E-state index in [4.69, 9.17) is 4.74 Å². The fourth-order valence-electron chi connectivity index (χ4n) is 1.91. The molecule has 0 spiro atoms. The molecule has 92 valence electrons. The highest BCUT2D eigenvalue weighted by Gasteiger charge is 2.03. The van der Waals surface area contributed by atoms with Gasteiger partial charge in [-0.15, -0.1) is 0 Å². The summed E-state index contributed by atoms with van der Waals surface area (Å²) in [7, 11) is 0. The zero-order valence-electron chi connectivity index (χ0n) is 10.9. The highest BCUT2D eigenvalue weighted by Crippen LogP contribution is 2.24. The lowest BCUT2D eigenvalue weighted by Gasteiger charge is -2.08. The Morgan fingerprint density at radius 3 is 2.22 bits per heavy atom. The summed E-state index contributed by atoms with van der Waals surface area (Å²) >= 11 is 0. The Morgan fingerprint density at radius 2 is 1.61 bits per heavy atom. The van der Waals surface area contributed by atoms with Crippen molar-refractivity contribution in [1.82, 2.24) is 0 Å². The summed E-state index contributed by atoms with van der Waals surface area (Å²) in [4.78, 5) is 11.3. The van der Waals surface area contributed by atoms with E-state index >= 15 is 0 Å². The normalized spacial score (nSPS) is 10.2. The molecule has 0 heterocycles. The van der Waals surface area contributed by atoms with E-state index in [-0.39, 0.29) is 5.78 Å². The summed E-state index contributed by atoms with van der Waals surface area (Å²) < 4.78 is 5.78. The Bertz CT molecular complexity index is 565. The van der Waals surface area contributed by atoms with Gasteiger partial charge in [0.2, 0.25) is 0 Å². The summed E-state index contributed by atoms with van der Waals surface area (Å²) in [5, 5.41) is 0. The van der Waals surface area contributed by atoms with Crippen LogP contribution in [0.25, 0.3) is 0 Å². The second-order valence-electron chi connectivity index (χ2n) is 4.51. The molecule has 0 radical (unpaired) electrons. The van der Waals surface area contributed by atoms with Crippen LogP contribution in [0.1, 0.15) is 28.4 Å². The highest BCUT2D eigenvalue weighted by molar-refractivity contribution is 5.94. The van der Waals surface area contributed by atoms with Gasteiger partial charge in [-0.1, -0.05) is 18.2 Å². The minimum absolute atomic E-state index is 0.0425. The van der Waals surface area contributed by atoms with E-state index in [1.807, 2.05) is 38.1 Å². The topological polar surface area (TPSA) is 26.3 Å². The van der Waals surface area contributed by atoms with Crippen molar-refractivity contribution in [2.75, 3.05) is 0 Å². The van der Waals surface area contributed by atoms with Gasteiger partial charge in [-0.3, -0.25) is 4.79 Å². The maximum absolute atomic E-state index is 11.3. The van der Waals surface area contributed by atoms with Gasteiger partial charge in [0.1, 0.15) is 11.5 Å². The monoisotopic (exact) mass is 240 g/mol. The third-order valence-corrected chi connectivity index (χ3v) is 2.67. The highest BCUT2D eigenvalue weighted by atomic mass is 16.5. The Labute approximate surface area is 107 Å². The van der Waals surface area contributed by atoms with Gasteiger partial charge < -0.3 is 4.74 Å². The number of rotatable bonds is 3. The van der Waals surface area contributed by atoms with E-state index in [0.717, 1.165) is 16.9 Å². The fourth-order valence-corrected chi connectivity index (χ4v) is 1.91. The van der Waals surface area contributed by atoms with E-state index in [1.165, 1.54) is 0 Å². The van der Waals surface area contributed by atoms with Crippen LogP contribution < -0.4 is 4.74 Å². The first kappa shape index (κ1) is 12.4. The summed E-state index contributed by atoms with van der Waals surface area (Å²) in [6.45, 7) is 5.62. The first-order chi connectivity index (χ1) is 8.54. The molecule has 2 rings (SSSR count). The Balaban J connectivity index is 2.28. The van der Waals surface area contributed by atoms with Crippen LogP contribution in [-0.2, 0) is 0 Å². The van der Waals surface area contributed by atoms with Crippen molar-refractivity contribution in [3.05, 3.63) is 59.2 Å². The molecule has 0 aliphatic carbocycles. The Kier molecular flexibility index (Phi) is 3.47. The lowest BCUT2D eigenvalue weighted by atomic mass is 10.1. The number of ether oxygens (including phenoxy) is 1. The van der Waals surface area contributed by atoms with E-state index in [2.05, 4.69) is 6.07 Å². The van der Waals surface area contributed by atoms with Crippen molar-refractivity contribution in [3.8, 4) is 11.5 Å². The molecule has 2 aromatic carbocycles. The van der Waals surface area contributed by atoms with Crippen molar-refractivity contribution >= 4 is 5.78 Å². The van der Waals surface area contributed by atoms with E-state index in [0.29, 0.717) is 11.3 Å². The van der Waals surface area contributed by atoms with Crippen molar-refractivity contribution in [3.63, 3.8) is 0 Å². The smallest absolute Gasteiger partial charge is 0.159 e. The Morgan fingerprint density at radius 1 is 0.944 bits per heavy atom. The number of carbonyl (C=O) groups is 1. The summed E-state index contributed by atoms with van der Waals surface area (Å²) in [5.41, 5.74) is 2.98. The molecule has 18 heavy (non-hydrogen) atoms. The predicted octanol–water partition coefficient (Wildman–Crippen LogP) is 4.30. The molecule has 0 aliphatic heterocycles. The van der Waals surface area contributed by atoms with Gasteiger partial charge in [0.25, 0.3) is 0 Å². The first-order valence-corrected chi connectivity index (χ1v) is 5.92. The van der Waals surface area contributed by atoms with Gasteiger partial charge in [-0.25, -0.2) is 0 Å². The molecule has 0 amide bonds. The largest absolute Gasteiger partial charge is 0.457 e. The molecule has 0 saturated carbocycles. The summed E-state index contributed by atoms with van der Waals surface area (Å²) in [6.07, 6.45) is 0. The van der Waals surface area contributed by atoms with Gasteiger partial charge in [-0.2, -0.15) is 0 Å². The lowest BCUT2D eigenvalue weighted by molar-refractivity contribution is 0.101. The van der Waals surface area contributed by atoms with E-state index in [9.17, 15) is 4.79 Å². The fraction of sp³-hybridized carbons (Fsp3) is 0.188. The van der Waals surface area contributed by atoms with E-state index in [1.54, 1.807) is 19.1 Å². The van der Waals surface area contributed by atoms with Crippen LogP contribution in [0.15, 0.2) is 42.5 Å². The SMILES string of the molecule is CC(=O)c1cccc(Oc2cc(C)cc(C)c2)c1. The Hall–Kier alpha value is -2.09. The maximum Gasteiger partial charge on any atom is 0.159 e. The molecule has 2 aromatic rings. The quantitative estimate of drug-likeness (QED) is 0.748. The van der Waals surface area contributed by atoms with Crippen molar-refractivity contribution in [1.29, 1.82) is 0 Å². The molecule has 0 N–H and O–H groups in total. The van der Waals surface area contributed by atoms with Crippen LogP contribution in [0, 0.1) is 13.8 Å². The van der Waals surface area contributed by atoms with Crippen molar-refractivity contribution in [2.45, 2.75) is 20.8 Å². The number of carbonyl (C=O) groups excluding carboxylic acids is 1. The van der Waals surface area contributed by atoms with Crippen LogP contribution in [0.2, 0.25) is 0 Å². The van der Waals surface area contributed by atoms with Crippen LogP contribution in [0.3, 0.4) is 0 Å². The standard InChI is InChI=1S/C16H16O2/c1-11-7-12(2)9-16(8-11)18-15-6-4-5-14(10-15)13(3)17/h4-10H,1-3H3. The molecule has 0 aromatic heterocycles. The minimum atomic E-state index is 0.0425. The number of benzene rings is 2. The second-order valence-corrected chi connectivity index (χ2v) is 4.51. The number of ketones is 1. The molecule has 2 heteroatoms. The van der Waals surface area contributed by atoms with Gasteiger partial charge in [0, 0.05) is 5.56 Å². The van der Waals surface area contributed by atoms with Gasteiger partial charge in [0.05, 0.1) is 0 Å². The van der Waals surface area contributed by atoms with Gasteiger partial charge in [-0.05, 0) is 56.2 Å². The van der Waals surface area contributed by atoms with Crippen molar-refractivity contribution in [2.24, 2.45) is 0 Å². The zero-order valence-corrected chi connectivity index (χ0v) is 10.9. The average molecular weight is 240 g/mol. The molecule has 0 fully saturated rings. The molecule has 0 bridgehead atoms. The third kappa shape index (κ3) is 2.98. The molecular formula is C16H16O2. The third-order valence-electron chi connectivity index (χ3n) is 2.67. The van der Waals surface area contributed by atoms with Crippen LogP contribution >= 0.6 is 0 Å². The minimum Gasteiger partial charge on any atom is -0.457 e. The van der Waals surface area contributed by atoms with Crippen LogP contribution in [0.5, 0.6) is 11.5 Å². The summed E-state index contributed by atoms with van der Waals surface area (Å²) in [5.74, 6) is 1.53. The summed E-state index contributed by atoms with van der Waals surface area (Å²) in [6, 6.07) is 13.3. The molecule has 0 aliphatic rings. The van der Waals surface area contributed by atoms with Crippen LogP contribution in [0.4, 0.5) is 0 Å². The predicted molar refractivity (Wildman–Crippen MR) is 72.4 cm³/mol. The number of Topliss-reactive ketones (excluding diaryl/α,β-unsaturated/α-hetero) is 1. The molecule has 0 saturated heterocycles. The first-order valence-electron chi connectivity index (χ1n) is 5.92. The van der Waals surface area contributed by atoms with Gasteiger partial charge >= 0.3 is 0 Å². The molecule has 2 nitrogen and oxygen atoms in total.